The van der Waals surface area contributed by atoms with Gasteiger partial charge < -0.3 is 9.88 Å². The maximum atomic E-state index is 12.6. The molecule has 3 amide bonds. The fourth-order valence-corrected chi connectivity index (χ4v) is 4.33. The molecule has 1 aromatic carbocycles. The Labute approximate surface area is 157 Å². The van der Waals surface area contributed by atoms with E-state index in [2.05, 4.69) is 10.3 Å². The van der Waals surface area contributed by atoms with Crippen LogP contribution in [0.3, 0.4) is 0 Å². The zero-order valence-electron chi connectivity index (χ0n) is 15.3. The Morgan fingerprint density at radius 3 is 2.74 bits per heavy atom. The molecule has 1 aliphatic heterocycles. The summed E-state index contributed by atoms with van der Waals surface area (Å²) in [6.45, 7) is 1.28. The van der Waals surface area contributed by atoms with E-state index in [0.717, 1.165) is 36.7 Å². The minimum Gasteiger partial charge on any atom is -0.354 e. The maximum Gasteiger partial charge on any atom is 0.235 e. The highest BCUT2D eigenvalue weighted by Gasteiger charge is 2.52. The first-order valence-corrected chi connectivity index (χ1v) is 9.60. The van der Waals surface area contributed by atoms with Crippen LogP contribution < -0.4 is 5.32 Å². The molecule has 0 bridgehead atoms. The van der Waals surface area contributed by atoms with Gasteiger partial charge in [-0.05, 0) is 25.0 Å². The molecule has 1 spiro atoms. The minimum atomic E-state index is -0.462. The second kappa shape index (κ2) is 7.13. The zero-order chi connectivity index (χ0) is 18.9. The Balaban J connectivity index is 1.25. The molecule has 142 valence electrons. The van der Waals surface area contributed by atoms with E-state index in [1.807, 2.05) is 28.8 Å². The predicted molar refractivity (Wildman–Crippen MR) is 99.6 cm³/mol. The van der Waals surface area contributed by atoms with Gasteiger partial charge in [0.15, 0.2) is 0 Å². The van der Waals surface area contributed by atoms with Gasteiger partial charge in [-0.1, -0.05) is 25.0 Å². The quantitative estimate of drug-likeness (QED) is 0.789. The molecule has 1 saturated carbocycles. The topological polar surface area (TPSA) is 84.3 Å². The van der Waals surface area contributed by atoms with E-state index in [4.69, 9.17) is 0 Å². The number of likely N-dealkylation sites (tertiary alicyclic amines) is 1. The molecule has 4 rings (SSSR count). The van der Waals surface area contributed by atoms with Crippen LogP contribution in [0.25, 0.3) is 11.0 Å². The van der Waals surface area contributed by atoms with E-state index in [0.29, 0.717) is 19.5 Å². The number of carbonyl (C=O) groups is 3. The van der Waals surface area contributed by atoms with Gasteiger partial charge in [0.05, 0.1) is 22.8 Å². The molecule has 7 heteroatoms. The van der Waals surface area contributed by atoms with Crippen molar-refractivity contribution in [2.24, 2.45) is 5.41 Å². The number of hydrogen-bond donors (Lipinski definition) is 1. The van der Waals surface area contributed by atoms with Crippen molar-refractivity contribution in [2.75, 3.05) is 13.1 Å². The third-order valence-corrected chi connectivity index (χ3v) is 5.81. The van der Waals surface area contributed by atoms with Crippen LogP contribution in [0.2, 0.25) is 0 Å². The SMILES string of the molecule is O=C(CCN1C(=O)CC2(CCCC2)C1=O)NCCn1cnc2ccccc21. The van der Waals surface area contributed by atoms with Crippen LogP contribution >= 0.6 is 0 Å². The van der Waals surface area contributed by atoms with Gasteiger partial charge >= 0.3 is 0 Å². The van der Waals surface area contributed by atoms with E-state index < -0.39 is 5.41 Å². The first-order chi connectivity index (χ1) is 13.1. The Kier molecular flexibility index (Phi) is 4.68. The van der Waals surface area contributed by atoms with Crippen LogP contribution in [-0.4, -0.2) is 45.3 Å². The van der Waals surface area contributed by atoms with Crippen molar-refractivity contribution >= 4 is 28.8 Å². The van der Waals surface area contributed by atoms with Gasteiger partial charge in [-0.25, -0.2) is 4.98 Å². The molecule has 0 radical (unpaired) electrons. The summed E-state index contributed by atoms with van der Waals surface area (Å²) in [6, 6.07) is 7.84. The van der Waals surface area contributed by atoms with Gasteiger partial charge in [-0.15, -0.1) is 0 Å². The van der Waals surface area contributed by atoms with Crippen molar-refractivity contribution in [3.8, 4) is 0 Å². The normalized spacial score (nSPS) is 18.7. The van der Waals surface area contributed by atoms with E-state index in [1.165, 1.54) is 4.90 Å². The molecule has 1 saturated heterocycles. The number of imide groups is 1. The number of nitrogens with zero attached hydrogens (tertiary/aromatic N) is 3. The highest BCUT2D eigenvalue weighted by molar-refractivity contribution is 6.06. The highest BCUT2D eigenvalue weighted by atomic mass is 16.2. The Bertz CT molecular complexity index is 882. The maximum absolute atomic E-state index is 12.6. The molecule has 0 unspecified atom stereocenters. The average molecular weight is 368 g/mol. The first kappa shape index (κ1) is 17.7. The minimum absolute atomic E-state index is 0.0670. The second-order valence-electron chi connectivity index (χ2n) is 7.54. The summed E-state index contributed by atoms with van der Waals surface area (Å²) >= 11 is 0. The Hall–Kier alpha value is -2.70. The standard InChI is InChI=1S/C20H24N4O3/c25-17(21-10-12-23-14-22-15-5-1-2-6-16(15)23)7-11-24-18(26)13-20(19(24)27)8-3-4-9-20/h1-2,5-6,14H,3-4,7-13H2,(H,21,25). The number of amides is 3. The number of carbonyl (C=O) groups excluding carboxylic acids is 3. The van der Waals surface area contributed by atoms with E-state index in [1.54, 1.807) is 6.33 Å². The molecular formula is C20H24N4O3. The van der Waals surface area contributed by atoms with Crippen LogP contribution in [0.15, 0.2) is 30.6 Å². The van der Waals surface area contributed by atoms with Crippen LogP contribution in [0.1, 0.15) is 38.5 Å². The highest BCUT2D eigenvalue weighted by Crippen LogP contribution is 2.46. The van der Waals surface area contributed by atoms with Crippen molar-refractivity contribution < 1.29 is 14.4 Å². The summed E-state index contributed by atoms with van der Waals surface area (Å²) in [5.74, 6) is -0.338. The second-order valence-corrected chi connectivity index (χ2v) is 7.54. The number of imidazole rings is 1. The summed E-state index contributed by atoms with van der Waals surface area (Å²) in [7, 11) is 0. The number of nitrogens with one attached hydrogen (secondary N) is 1. The first-order valence-electron chi connectivity index (χ1n) is 9.60. The van der Waals surface area contributed by atoms with E-state index in [9.17, 15) is 14.4 Å². The monoisotopic (exact) mass is 368 g/mol. The lowest BCUT2D eigenvalue weighted by molar-refractivity contribution is -0.141. The molecule has 2 aromatic rings. The largest absolute Gasteiger partial charge is 0.354 e. The Morgan fingerprint density at radius 2 is 1.93 bits per heavy atom. The number of para-hydroxylation sites is 2. The van der Waals surface area contributed by atoms with Crippen molar-refractivity contribution in [3.05, 3.63) is 30.6 Å². The third kappa shape index (κ3) is 3.34. The molecule has 7 nitrogen and oxygen atoms in total. The molecular weight excluding hydrogens is 344 g/mol. The number of rotatable bonds is 6. The number of fused-ring (bicyclic) bond motifs is 1. The molecule has 2 aliphatic rings. The smallest absolute Gasteiger partial charge is 0.235 e. The molecule has 0 atom stereocenters. The molecule has 1 aliphatic carbocycles. The number of hydrogen-bond acceptors (Lipinski definition) is 4. The van der Waals surface area contributed by atoms with Crippen LogP contribution in [-0.2, 0) is 20.9 Å². The van der Waals surface area contributed by atoms with E-state index >= 15 is 0 Å². The summed E-state index contributed by atoms with van der Waals surface area (Å²) < 4.78 is 1.99. The summed E-state index contributed by atoms with van der Waals surface area (Å²) in [4.78, 5) is 42.6. The van der Waals surface area contributed by atoms with Gasteiger partial charge in [0.1, 0.15) is 0 Å². The summed E-state index contributed by atoms with van der Waals surface area (Å²) in [5, 5.41) is 2.86. The molecule has 27 heavy (non-hydrogen) atoms. The molecule has 2 fully saturated rings. The zero-order valence-corrected chi connectivity index (χ0v) is 15.3. The van der Waals surface area contributed by atoms with Gasteiger partial charge in [0.25, 0.3) is 0 Å². The third-order valence-electron chi connectivity index (χ3n) is 5.81. The lowest BCUT2D eigenvalue weighted by Gasteiger charge is -2.20. The van der Waals surface area contributed by atoms with Gasteiger partial charge in [0.2, 0.25) is 17.7 Å². The van der Waals surface area contributed by atoms with Gasteiger partial charge in [-0.2, -0.15) is 0 Å². The number of benzene rings is 1. The van der Waals surface area contributed by atoms with Crippen LogP contribution in [0.5, 0.6) is 0 Å². The molecule has 1 N–H and O–H groups in total. The van der Waals surface area contributed by atoms with Crippen molar-refractivity contribution in [3.63, 3.8) is 0 Å². The van der Waals surface area contributed by atoms with Crippen molar-refractivity contribution in [2.45, 2.75) is 45.1 Å². The van der Waals surface area contributed by atoms with Crippen molar-refractivity contribution in [1.29, 1.82) is 0 Å². The predicted octanol–water partition coefficient (Wildman–Crippen LogP) is 1.86. The Morgan fingerprint density at radius 1 is 1.15 bits per heavy atom. The lowest BCUT2D eigenvalue weighted by atomic mass is 9.84. The van der Waals surface area contributed by atoms with Crippen LogP contribution in [0, 0.1) is 5.41 Å². The average Bonchev–Trinajstić information content (AvgIpc) is 3.35. The summed E-state index contributed by atoms with van der Waals surface area (Å²) in [5.41, 5.74) is 1.49. The molecule has 1 aromatic heterocycles. The van der Waals surface area contributed by atoms with Gasteiger partial charge in [0, 0.05) is 32.5 Å². The van der Waals surface area contributed by atoms with E-state index in [-0.39, 0.29) is 30.7 Å². The van der Waals surface area contributed by atoms with Gasteiger partial charge in [-0.3, -0.25) is 19.3 Å². The fourth-order valence-electron chi connectivity index (χ4n) is 4.33. The summed E-state index contributed by atoms with van der Waals surface area (Å²) in [6.07, 6.45) is 5.86. The molecule has 2 heterocycles. The number of aromatic nitrogens is 2. The lowest BCUT2D eigenvalue weighted by Crippen LogP contribution is -2.37. The fraction of sp³-hybridized carbons (Fsp3) is 0.500. The van der Waals surface area contributed by atoms with Crippen molar-refractivity contribution in [1.82, 2.24) is 19.8 Å². The van der Waals surface area contributed by atoms with Crippen LogP contribution in [0.4, 0.5) is 0 Å².